The van der Waals surface area contributed by atoms with E-state index in [0.29, 0.717) is 18.0 Å². The molecule has 0 bridgehead atoms. The molecule has 6 nitrogen and oxygen atoms in total. The van der Waals surface area contributed by atoms with Gasteiger partial charge >= 0.3 is 0 Å². The first kappa shape index (κ1) is 21.4. The molecule has 0 spiro atoms. The number of sulfonamides is 1. The predicted octanol–water partition coefficient (Wildman–Crippen LogP) is 4.53. The summed E-state index contributed by atoms with van der Waals surface area (Å²) in [6.45, 7) is 2.39. The highest BCUT2D eigenvalue weighted by atomic mass is 79.9. The molecule has 0 atom stereocenters. The van der Waals surface area contributed by atoms with Gasteiger partial charge in [-0.3, -0.25) is 9.52 Å². The Bertz CT molecular complexity index is 1230. The number of amides is 1. The Morgan fingerprint density at radius 2 is 1.87 bits per heavy atom. The van der Waals surface area contributed by atoms with Gasteiger partial charge < -0.3 is 9.64 Å². The molecule has 0 aliphatic carbocycles. The number of aryl methyl sites for hydroxylation is 1. The molecule has 1 amide bonds. The van der Waals surface area contributed by atoms with Crippen LogP contribution in [0.3, 0.4) is 0 Å². The zero-order chi connectivity index (χ0) is 22.0. The molecular formula is C23H21BrN2O4S. The molecule has 31 heavy (non-hydrogen) atoms. The topological polar surface area (TPSA) is 75.7 Å². The number of ether oxygens (including phenoxy) is 1. The molecule has 0 fully saturated rings. The number of nitrogens with one attached hydrogen (secondary N) is 1. The van der Waals surface area contributed by atoms with Crippen LogP contribution in [-0.4, -0.2) is 27.5 Å². The number of halogens is 1. The zero-order valence-electron chi connectivity index (χ0n) is 16.8. The summed E-state index contributed by atoms with van der Waals surface area (Å²) in [6.07, 6.45) is 0.807. The Morgan fingerprint density at radius 1 is 1.10 bits per heavy atom. The van der Waals surface area contributed by atoms with Crippen molar-refractivity contribution in [3.63, 3.8) is 0 Å². The van der Waals surface area contributed by atoms with Gasteiger partial charge in [-0.2, -0.15) is 0 Å². The third-order valence-corrected chi connectivity index (χ3v) is 6.90. The van der Waals surface area contributed by atoms with E-state index in [4.69, 9.17) is 4.74 Å². The lowest BCUT2D eigenvalue weighted by molar-refractivity contribution is -0.120. The van der Waals surface area contributed by atoms with Crippen molar-refractivity contribution in [2.24, 2.45) is 0 Å². The average Bonchev–Trinajstić information content (AvgIpc) is 3.15. The van der Waals surface area contributed by atoms with Crippen molar-refractivity contribution in [3.8, 4) is 5.75 Å². The number of carbonyl (C=O) groups excluding carboxylic acids is 1. The summed E-state index contributed by atoms with van der Waals surface area (Å²) in [5, 5.41) is 0. The van der Waals surface area contributed by atoms with Gasteiger partial charge in [-0.15, -0.1) is 0 Å². The molecule has 3 aromatic carbocycles. The van der Waals surface area contributed by atoms with Gasteiger partial charge in [-0.05, 0) is 79.1 Å². The molecule has 8 heteroatoms. The maximum atomic E-state index is 12.6. The molecule has 0 aromatic heterocycles. The molecule has 1 aliphatic rings. The fourth-order valence-corrected chi connectivity index (χ4v) is 4.95. The maximum Gasteiger partial charge on any atom is 0.264 e. The molecule has 1 heterocycles. The van der Waals surface area contributed by atoms with Gasteiger partial charge in [0.15, 0.2) is 6.61 Å². The van der Waals surface area contributed by atoms with E-state index < -0.39 is 10.0 Å². The molecule has 160 valence electrons. The maximum absolute atomic E-state index is 12.6. The second-order valence-corrected chi connectivity index (χ2v) is 9.90. The van der Waals surface area contributed by atoms with E-state index in [1.807, 2.05) is 31.2 Å². The highest BCUT2D eigenvalue weighted by molar-refractivity contribution is 9.10. The number of hydrogen-bond donors (Lipinski definition) is 1. The van der Waals surface area contributed by atoms with Crippen LogP contribution in [0.4, 0.5) is 11.4 Å². The van der Waals surface area contributed by atoms with Gasteiger partial charge in [-0.25, -0.2) is 8.42 Å². The molecule has 0 saturated carbocycles. The number of benzene rings is 3. The van der Waals surface area contributed by atoms with Crippen LogP contribution in [0.1, 0.15) is 11.1 Å². The number of anilines is 2. The minimum absolute atomic E-state index is 0.117. The van der Waals surface area contributed by atoms with E-state index in [-0.39, 0.29) is 17.4 Å². The Balaban J connectivity index is 1.38. The summed E-state index contributed by atoms with van der Waals surface area (Å²) in [7, 11) is -3.71. The Morgan fingerprint density at radius 3 is 2.61 bits per heavy atom. The van der Waals surface area contributed by atoms with E-state index in [0.717, 1.165) is 27.7 Å². The van der Waals surface area contributed by atoms with E-state index in [9.17, 15) is 13.2 Å². The fraction of sp³-hybridized carbons (Fsp3) is 0.174. The molecule has 0 radical (unpaired) electrons. The van der Waals surface area contributed by atoms with Gasteiger partial charge in [0.25, 0.3) is 15.9 Å². The Labute approximate surface area is 190 Å². The van der Waals surface area contributed by atoms with E-state index in [2.05, 4.69) is 20.7 Å². The first-order valence-corrected chi connectivity index (χ1v) is 12.0. The van der Waals surface area contributed by atoms with Crippen molar-refractivity contribution in [3.05, 3.63) is 82.3 Å². The first-order chi connectivity index (χ1) is 14.8. The second-order valence-electron chi connectivity index (χ2n) is 7.30. The molecule has 1 N–H and O–H groups in total. The lowest BCUT2D eigenvalue weighted by atomic mass is 10.2. The van der Waals surface area contributed by atoms with Crippen LogP contribution in [0.5, 0.6) is 5.75 Å². The van der Waals surface area contributed by atoms with E-state index in [1.165, 1.54) is 12.1 Å². The summed E-state index contributed by atoms with van der Waals surface area (Å²) < 4.78 is 34.3. The number of hydrogen-bond acceptors (Lipinski definition) is 4. The third-order valence-electron chi connectivity index (χ3n) is 5.00. The second kappa shape index (κ2) is 8.72. The summed E-state index contributed by atoms with van der Waals surface area (Å²) in [5.41, 5.74) is 3.49. The normalized spacial score (nSPS) is 13.0. The summed E-state index contributed by atoms with van der Waals surface area (Å²) in [6, 6.07) is 19.0. The third kappa shape index (κ3) is 4.91. The lowest BCUT2D eigenvalue weighted by Gasteiger charge is -2.17. The van der Waals surface area contributed by atoms with Crippen LogP contribution in [0, 0.1) is 6.92 Å². The Hall–Kier alpha value is -2.84. The number of fused-ring (bicyclic) bond motifs is 1. The largest absolute Gasteiger partial charge is 0.484 e. The molecule has 0 unspecified atom stereocenters. The van der Waals surface area contributed by atoms with Crippen LogP contribution < -0.4 is 14.4 Å². The van der Waals surface area contributed by atoms with Crippen LogP contribution in [-0.2, 0) is 21.2 Å². The lowest BCUT2D eigenvalue weighted by Crippen LogP contribution is -2.33. The van der Waals surface area contributed by atoms with Gasteiger partial charge in [0.1, 0.15) is 5.75 Å². The average molecular weight is 501 g/mol. The van der Waals surface area contributed by atoms with E-state index >= 15 is 0 Å². The van der Waals surface area contributed by atoms with Crippen molar-refractivity contribution in [2.45, 2.75) is 18.2 Å². The van der Waals surface area contributed by atoms with Crippen LogP contribution >= 0.6 is 15.9 Å². The van der Waals surface area contributed by atoms with Crippen LogP contribution in [0.25, 0.3) is 0 Å². The SMILES string of the molecule is Cc1cccc(NS(=O)(=O)c2ccc(OCC(=O)N3CCc4cc(Br)ccc43)cc2)c1. The van der Waals surface area contributed by atoms with Gasteiger partial charge in [-0.1, -0.05) is 28.1 Å². The summed E-state index contributed by atoms with van der Waals surface area (Å²) in [4.78, 5) is 14.4. The minimum atomic E-state index is -3.71. The quantitative estimate of drug-likeness (QED) is 0.539. The van der Waals surface area contributed by atoms with Crippen molar-refractivity contribution >= 4 is 43.2 Å². The standard InChI is InChI=1S/C23H21BrN2O4S/c1-16-3-2-4-19(13-16)25-31(28,29)21-8-6-20(7-9-21)30-15-23(27)26-12-11-17-14-18(24)5-10-22(17)26/h2-10,13-14,25H,11-12,15H2,1H3. The van der Waals surface area contributed by atoms with Gasteiger partial charge in [0, 0.05) is 22.4 Å². The van der Waals surface area contributed by atoms with Gasteiger partial charge in [0.2, 0.25) is 0 Å². The fourth-order valence-electron chi connectivity index (χ4n) is 3.49. The molecule has 1 aliphatic heterocycles. The molecule has 4 rings (SSSR count). The molecule has 0 saturated heterocycles. The Kier molecular flexibility index (Phi) is 6.02. The monoisotopic (exact) mass is 500 g/mol. The van der Waals surface area contributed by atoms with Crippen molar-refractivity contribution in [1.82, 2.24) is 0 Å². The zero-order valence-corrected chi connectivity index (χ0v) is 19.2. The van der Waals surface area contributed by atoms with Crippen molar-refractivity contribution in [2.75, 3.05) is 22.8 Å². The van der Waals surface area contributed by atoms with Crippen molar-refractivity contribution < 1.29 is 17.9 Å². The number of rotatable bonds is 6. The minimum Gasteiger partial charge on any atom is -0.484 e. The highest BCUT2D eigenvalue weighted by Crippen LogP contribution is 2.30. The van der Waals surface area contributed by atoms with E-state index in [1.54, 1.807) is 35.2 Å². The summed E-state index contributed by atoms with van der Waals surface area (Å²) in [5.74, 6) is 0.289. The smallest absolute Gasteiger partial charge is 0.264 e. The van der Waals surface area contributed by atoms with Gasteiger partial charge in [0.05, 0.1) is 4.90 Å². The van der Waals surface area contributed by atoms with Crippen LogP contribution in [0.15, 0.2) is 76.1 Å². The first-order valence-electron chi connectivity index (χ1n) is 9.73. The molecule has 3 aromatic rings. The number of carbonyl (C=O) groups is 1. The highest BCUT2D eigenvalue weighted by Gasteiger charge is 2.25. The number of nitrogens with zero attached hydrogens (tertiary/aromatic N) is 1. The predicted molar refractivity (Wildman–Crippen MR) is 124 cm³/mol. The summed E-state index contributed by atoms with van der Waals surface area (Å²) >= 11 is 3.45. The van der Waals surface area contributed by atoms with Crippen LogP contribution in [0.2, 0.25) is 0 Å². The molecular weight excluding hydrogens is 480 g/mol. The van der Waals surface area contributed by atoms with Crippen molar-refractivity contribution in [1.29, 1.82) is 0 Å².